The van der Waals surface area contributed by atoms with Gasteiger partial charge in [0.2, 0.25) is 0 Å². The van der Waals surface area contributed by atoms with Gasteiger partial charge in [0.1, 0.15) is 0 Å². The second-order valence-corrected chi connectivity index (χ2v) is 4.39. The fourth-order valence-electron chi connectivity index (χ4n) is 1.64. The lowest BCUT2D eigenvalue weighted by atomic mass is 9.81. The van der Waals surface area contributed by atoms with Crippen LogP contribution in [0.5, 0.6) is 0 Å². The molecule has 1 atom stereocenters. The summed E-state index contributed by atoms with van der Waals surface area (Å²) in [6, 6.07) is 2.02. The summed E-state index contributed by atoms with van der Waals surface area (Å²) in [7, 11) is 0. The standard InChI is InChI=1S/C10H14OS/c11-10(6-8-2-1-3-8)9-4-5-12-7-9/h4-5,7-8,10-11H,1-3,6H2. The van der Waals surface area contributed by atoms with E-state index in [0.717, 1.165) is 17.9 Å². The smallest absolute Gasteiger partial charge is 0.0800 e. The highest BCUT2D eigenvalue weighted by Gasteiger charge is 2.21. The Labute approximate surface area is 77.0 Å². The third-order valence-corrected chi connectivity index (χ3v) is 3.41. The van der Waals surface area contributed by atoms with E-state index in [1.54, 1.807) is 11.3 Å². The van der Waals surface area contributed by atoms with E-state index in [4.69, 9.17) is 0 Å². The van der Waals surface area contributed by atoms with Crippen molar-refractivity contribution < 1.29 is 5.11 Å². The van der Waals surface area contributed by atoms with Gasteiger partial charge in [0.25, 0.3) is 0 Å². The number of aliphatic hydroxyl groups is 1. The Morgan fingerprint density at radius 1 is 1.58 bits per heavy atom. The summed E-state index contributed by atoms with van der Waals surface area (Å²) < 4.78 is 0. The first kappa shape index (κ1) is 8.27. The first-order valence-electron chi connectivity index (χ1n) is 4.56. The monoisotopic (exact) mass is 182 g/mol. The maximum atomic E-state index is 9.75. The fraction of sp³-hybridized carbons (Fsp3) is 0.600. The highest BCUT2D eigenvalue weighted by Crippen LogP contribution is 2.34. The van der Waals surface area contributed by atoms with E-state index < -0.39 is 0 Å². The lowest BCUT2D eigenvalue weighted by molar-refractivity contribution is 0.119. The highest BCUT2D eigenvalue weighted by molar-refractivity contribution is 7.07. The van der Waals surface area contributed by atoms with E-state index in [2.05, 4.69) is 0 Å². The molecule has 2 rings (SSSR count). The molecule has 1 N–H and O–H groups in total. The van der Waals surface area contributed by atoms with Gasteiger partial charge in [-0.2, -0.15) is 11.3 Å². The maximum absolute atomic E-state index is 9.75. The molecule has 66 valence electrons. The Morgan fingerprint density at radius 2 is 2.42 bits per heavy atom. The second kappa shape index (κ2) is 3.58. The summed E-state index contributed by atoms with van der Waals surface area (Å²) in [6.45, 7) is 0. The molecule has 0 radical (unpaired) electrons. The highest BCUT2D eigenvalue weighted by atomic mass is 32.1. The van der Waals surface area contributed by atoms with Crippen LogP contribution in [0.15, 0.2) is 16.8 Å². The maximum Gasteiger partial charge on any atom is 0.0800 e. The second-order valence-electron chi connectivity index (χ2n) is 3.61. The Bertz CT molecular complexity index is 226. The van der Waals surface area contributed by atoms with Gasteiger partial charge in [-0.25, -0.2) is 0 Å². The summed E-state index contributed by atoms with van der Waals surface area (Å²) in [6.07, 6.45) is 4.77. The Kier molecular flexibility index (Phi) is 2.47. The largest absolute Gasteiger partial charge is 0.388 e. The zero-order valence-corrected chi connectivity index (χ0v) is 7.89. The summed E-state index contributed by atoms with van der Waals surface area (Å²) in [4.78, 5) is 0. The van der Waals surface area contributed by atoms with Crippen LogP contribution in [0.4, 0.5) is 0 Å². The summed E-state index contributed by atoms with van der Waals surface area (Å²) in [5.41, 5.74) is 1.10. The Morgan fingerprint density at radius 3 is 2.92 bits per heavy atom. The van der Waals surface area contributed by atoms with E-state index in [9.17, 15) is 5.11 Å². The van der Waals surface area contributed by atoms with Crippen molar-refractivity contribution in [3.05, 3.63) is 22.4 Å². The molecule has 1 aliphatic carbocycles. The topological polar surface area (TPSA) is 20.2 Å². The van der Waals surface area contributed by atoms with Gasteiger partial charge >= 0.3 is 0 Å². The van der Waals surface area contributed by atoms with Crippen LogP contribution in [0, 0.1) is 5.92 Å². The van der Waals surface area contributed by atoms with Crippen molar-refractivity contribution in [1.29, 1.82) is 0 Å². The summed E-state index contributed by atoms with van der Waals surface area (Å²) in [5.74, 6) is 0.792. The van der Waals surface area contributed by atoms with Crippen LogP contribution >= 0.6 is 11.3 Å². The van der Waals surface area contributed by atoms with Crippen LogP contribution in [-0.4, -0.2) is 5.11 Å². The Balaban J connectivity index is 1.87. The third kappa shape index (κ3) is 1.70. The molecule has 0 saturated heterocycles. The number of hydrogen-bond acceptors (Lipinski definition) is 2. The van der Waals surface area contributed by atoms with Crippen molar-refractivity contribution in [2.24, 2.45) is 5.92 Å². The molecule has 1 nitrogen and oxygen atoms in total. The molecule has 0 amide bonds. The van der Waals surface area contributed by atoms with Gasteiger partial charge in [0.15, 0.2) is 0 Å². The van der Waals surface area contributed by atoms with Crippen molar-refractivity contribution >= 4 is 11.3 Å². The van der Waals surface area contributed by atoms with Gasteiger partial charge in [-0.3, -0.25) is 0 Å². The molecule has 1 saturated carbocycles. The summed E-state index contributed by atoms with van der Waals surface area (Å²) >= 11 is 1.66. The zero-order valence-electron chi connectivity index (χ0n) is 7.07. The molecular weight excluding hydrogens is 168 g/mol. The zero-order chi connectivity index (χ0) is 8.39. The van der Waals surface area contributed by atoms with Crippen LogP contribution in [0.3, 0.4) is 0 Å². The van der Waals surface area contributed by atoms with Gasteiger partial charge in [0.05, 0.1) is 6.10 Å². The average molecular weight is 182 g/mol. The molecule has 0 spiro atoms. The number of aliphatic hydroxyl groups excluding tert-OH is 1. The number of hydrogen-bond donors (Lipinski definition) is 1. The minimum Gasteiger partial charge on any atom is -0.388 e. The molecule has 0 aliphatic heterocycles. The van der Waals surface area contributed by atoms with E-state index in [1.165, 1.54) is 19.3 Å². The van der Waals surface area contributed by atoms with Gasteiger partial charge in [0, 0.05) is 0 Å². The molecule has 1 heterocycles. The number of rotatable bonds is 3. The minimum atomic E-state index is -0.207. The van der Waals surface area contributed by atoms with Gasteiger partial charge in [-0.15, -0.1) is 0 Å². The van der Waals surface area contributed by atoms with E-state index in [-0.39, 0.29) is 6.10 Å². The van der Waals surface area contributed by atoms with Crippen molar-refractivity contribution in [2.45, 2.75) is 31.8 Å². The lowest BCUT2D eigenvalue weighted by Crippen LogP contribution is -2.14. The predicted molar refractivity (Wildman–Crippen MR) is 51.2 cm³/mol. The van der Waals surface area contributed by atoms with Crippen LogP contribution in [0.25, 0.3) is 0 Å². The van der Waals surface area contributed by atoms with Gasteiger partial charge in [-0.05, 0) is 34.7 Å². The van der Waals surface area contributed by atoms with Crippen molar-refractivity contribution in [3.8, 4) is 0 Å². The molecule has 1 unspecified atom stereocenters. The van der Waals surface area contributed by atoms with Gasteiger partial charge < -0.3 is 5.11 Å². The van der Waals surface area contributed by atoms with E-state index in [0.29, 0.717) is 0 Å². The van der Waals surface area contributed by atoms with Crippen LogP contribution in [0.2, 0.25) is 0 Å². The van der Waals surface area contributed by atoms with Crippen LogP contribution in [0.1, 0.15) is 37.4 Å². The lowest BCUT2D eigenvalue weighted by Gasteiger charge is -2.27. The van der Waals surface area contributed by atoms with Gasteiger partial charge in [-0.1, -0.05) is 19.3 Å². The third-order valence-electron chi connectivity index (χ3n) is 2.71. The summed E-state index contributed by atoms with van der Waals surface area (Å²) in [5, 5.41) is 13.8. The molecule has 1 aliphatic rings. The number of thiophene rings is 1. The fourth-order valence-corrected chi connectivity index (χ4v) is 2.35. The Hall–Kier alpha value is -0.340. The van der Waals surface area contributed by atoms with Crippen LogP contribution in [-0.2, 0) is 0 Å². The molecule has 1 aromatic rings. The first-order chi connectivity index (χ1) is 5.86. The molecule has 1 fully saturated rings. The molecule has 12 heavy (non-hydrogen) atoms. The normalized spacial score (nSPS) is 20.4. The predicted octanol–water partition coefficient (Wildman–Crippen LogP) is 2.97. The van der Waals surface area contributed by atoms with Crippen LogP contribution < -0.4 is 0 Å². The molecule has 1 aromatic heterocycles. The first-order valence-corrected chi connectivity index (χ1v) is 5.50. The minimum absolute atomic E-state index is 0.207. The van der Waals surface area contributed by atoms with E-state index >= 15 is 0 Å². The van der Waals surface area contributed by atoms with E-state index in [1.807, 2.05) is 16.8 Å². The van der Waals surface area contributed by atoms with Crippen molar-refractivity contribution in [3.63, 3.8) is 0 Å². The quantitative estimate of drug-likeness (QED) is 0.762. The molecule has 0 bridgehead atoms. The van der Waals surface area contributed by atoms with Crippen molar-refractivity contribution in [2.75, 3.05) is 0 Å². The molecule has 2 heteroatoms. The van der Waals surface area contributed by atoms with Crippen molar-refractivity contribution in [1.82, 2.24) is 0 Å². The molecule has 0 aromatic carbocycles. The SMILES string of the molecule is OC(CC1CCC1)c1ccsc1. The molecular formula is C10H14OS. The average Bonchev–Trinajstić information content (AvgIpc) is 2.47.